The van der Waals surface area contributed by atoms with Gasteiger partial charge in [-0.15, -0.1) is 0 Å². The fourth-order valence-corrected chi connectivity index (χ4v) is 15.2. The molecule has 4 heteroatoms. The van der Waals surface area contributed by atoms with Gasteiger partial charge in [-0.1, -0.05) is 63.7 Å². The van der Waals surface area contributed by atoms with Crippen molar-refractivity contribution >= 4 is 63.7 Å². The van der Waals surface area contributed by atoms with Gasteiger partial charge in [0, 0.05) is 17.9 Å². The average Bonchev–Trinajstić information content (AvgIpc) is 2.82. The van der Waals surface area contributed by atoms with Crippen LogP contribution in [0.5, 0.6) is 0 Å². The van der Waals surface area contributed by atoms with E-state index in [4.69, 9.17) is 0 Å². The van der Waals surface area contributed by atoms with Gasteiger partial charge in [0.05, 0.1) is 0 Å². The highest BCUT2D eigenvalue weighted by Gasteiger charge is 2.70. The molecule has 0 N–H and O–H groups in total. The minimum absolute atomic E-state index is 0.381. The highest BCUT2D eigenvalue weighted by atomic mass is 79.9. The van der Waals surface area contributed by atoms with E-state index in [1.807, 2.05) is 0 Å². The molecule has 2 aromatic carbocycles. The molecule has 10 rings (SSSR count). The summed E-state index contributed by atoms with van der Waals surface area (Å²) in [6.07, 6.45) is 17.7. The first-order valence-corrected chi connectivity index (χ1v) is 18.1. The Bertz CT molecular complexity index is 1230. The molecule has 8 saturated carbocycles. The molecule has 0 saturated heterocycles. The van der Waals surface area contributed by atoms with Crippen LogP contribution in [0.15, 0.2) is 42.2 Å². The van der Waals surface area contributed by atoms with Crippen molar-refractivity contribution in [3.63, 3.8) is 0 Å². The Kier molecular flexibility index (Phi) is 5.80. The van der Waals surface area contributed by atoms with Gasteiger partial charge < -0.3 is 0 Å². The molecule has 0 radical (unpaired) electrons. The van der Waals surface area contributed by atoms with Crippen LogP contribution in [0.3, 0.4) is 0 Å². The first kappa shape index (κ1) is 26.0. The zero-order valence-electron chi connectivity index (χ0n) is 22.6. The fourth-order valence-electron chi connectivity index (χ4n) is 12.8. The summed E-state index contributed by atoms with van der Waals surface area (Å²) in [7, 11) is 0. The Morgan fingerprint density at radius 1 is 0.526 bits per heavy atom. The minimum Gasteiger partial charge on any atom is -0.0508 e. The first-order valence-electron chi connectivity index (χ1n) is 15.0. The topological polar surface area (TPSA) is 0 Å². The molecular formula is C34H38Br4. The zero-order valence-corrected chi connectivity index (χ0v) is 29.0. The van der Waals surface area contributed by atoms with Gasteiger partial charge in [0.1, 0.15) is 0 Å². The average molecular weight is 766 g/mol. The number of halogens is 4. The summed E-state index contributed by atoms with van der Waals surface area (Å²) in [5.74, 6) is 3.72. The van der Waals surface area contributed by atoms with Gasteiger partial charge >= 0.3 is 0 Å². The molecule has 8 aliphatic carbocycles. The second-order valence-electron chi connectivity index (χ2n) is 15.2. The Balaban J connectivity index is 1.26. The van der Waals surface area contributed by atoms with Gasteiger partial charge in [0.15, 0.2) is 0 Å². The molecule has 0 nitrogen and oxygen atoms in total. The van der Waals surface area contributed by atoms with E-state index >= 15 is 0 Å². The highest BCUT2D eigenvalue weighted by molar-refractivity contribution is 9.11. The van der Waals surface area contributed by atoms with Gasteiger partial charge in [-0.2, -0.15) is 0 Å². The molecule has 4 atom stereocenters. The maximum absolute atomic E-state index is 3.93. The van der Waals surface area contributed by atoms with Crippen LogP contribution in [0.1, 0.15) is 99.3 Å². The molecule has 2 aromatic rings. The van der Waals surface area contributed by atoms with Crippen molar-refractivity contribution in [1.29, 1.82) is 0 Å². The molecule has 4 unspecified atom stereocenters. The third kappa shape index (κ3) is 3.54. The van der Waals surface area contributed by atoms with Crippen LogP contribution in [0.2, 0.25) is 0 Å². The predicted octanol–water partition coefficient (Wildman–Crippen LogP) is 11.7. The monoisotopic (exact) mass is 762 g/mol. The van der Waals surface area contributed by atoms with Crippen LogP contribution in [0.4, 0.5) is 0 Å². The second kappa shape index (κ2) is 8.47. The van der Waals surface area contributed by atoms with E-state index < -0.39 is 0 Å². The third-order valence-electron chi connectivity index (χ3n) is 13.0. The van der Waals surface area contributed by atoms with Crippen LogP contribution in [0, 0.1) is 48.3 Å². The van der Waals surface area contributed by atoms with Crippen molar-refractivity contribution in [2.45, 2.75) is 102 Å². The van der Waals surface area contributed by atoms with Crippen LogP contribution in [0.25, 0.3) is 0 Å². The minimum atomic E-state index is 0.381. The molecule has 8 fully saturated rings. The van der Waals surface area contributed by atoms with Crippen LogP contribution < -0.4 is 0 Å². The Morgan fingerprint density at radius 2 is 0.868 bits per heavy atom. The lowest BCUT2D eigenvalue weighted by molar-refractivity contribution is -0.212. The van der Waals surface area contributed by atoms with Crippen molar-refractivity contribution in [1.82, 2.24) is 0 Å². The van der Waals surface area contributed by atoms with E-state index in [-0.39, 0.29) is 0 Å². The van der Waals surface area contributed by atoms with Gasteiger partial charge in [-0.05, 0) is 183 Å². The lowest BCUT2D eigenvalue weighted by atomic mass is 9.30. The van der Waals surface area contributed by atoms with Crippen LogP contribution in [-0.2, 0) is 10.8 Å². The van der Waals surface area contributed by atoms with Crippen molar-refractivity contribution < 1.29 is 0 Å². The summed E-state index contributed by atoms with van der Waals surface area (Å²) < 4.78 is 5.07. The molecule has 38 heavy (non-hydrogen) atoms. The van der Waals surface area contributed by atoms with Crippen LogP contribution >= 0.6 is 63.7 Å². The molecule has 8 aliphatic rings. The molecule has 0 aliphatic heterocycles. The fraction of sp³-hybridized carbons (Fsp3) is 0.647. The lowest BCUT2D eigenvalue weighted by Gasteiger charge is -2.74. The summed E-state index contributed by atoms with van der Waals surface area (Å²) in [6.45, 7) is 4.76. The Morgan fingerprint density at radius 3 is 1.21 bits per heavy atom. The van der Waals surface area contributed by atoms with Gasteiger partial charge in [-0.3, -0.25) is 0 Å². The SMILES string of the molecule is Cc1c(Br)cc(Br)cc1C12CC3CC(C1)CC(C14CC5CC(CC(c6cc(Br)cc(Br)c6C)(C5)C1)C4)(C3)C2. The van der Waals surface area contributed by atoms with E-state index in [0.29, 0.717) is 21.7 Å². The Hall–Kier alpha value is 0.360. The summed E-state index contributed by atoms with van der Waals surface area (Å²) in [5, 5.41) is 0. The summed E-state index contributed by atoms with van der Waals surface area (Å²) in [5.41, 5.74) is 8.18. The molecular weight excluding hydrogens is 728 g/mol. The smallest absolute Gasteiger partial charge is 0.0218 e. The van der Waals surface area contributed by atoms with E-state index in [1.54, 1.807) is 11.1 Å². The normalized spacial score (nSPS) is 44.3. The number of rotatable bonds is 3. The van der Waals surface area contributed by atoms with Crippen molar-refractivity contribution in [3.8, 4) is 0 Å². The zero-order chi connectivity index (χ0) is 26.2. The number of benzene rings is 2. The van der Waals surface area contributed by atoms with Gasteiger partial charge in [0.2, 0.25) is 0 Å². The number of hydrogen-bond donors (Lipinski definition) is 0. The van der Waals surface area contributed by atoms with Crippen LogP contribution in [-0.4, -0.2) is 0 Å². The summed E-state index contributed by atoms with van der Waals surface area (Å²) >= 11 is 15.6. The van der Waals surface area contributed by atoms with Crippen molar-refractivity contribution in [2.24, 2.45) is 34.5 Å². The summed E-state index contributed by atoms with van der Waals surface area (Å²) in [4.78, 5) is 0. The molecule has 0 aromatic heterocycles. The predicted molar refractivity (Wildman–Crippen MR) is 171 cm³/mol. The maximum atomic E-state index is 3.93. The van der Waals surface area contributed by atoms with Gasteiger partial charge in [0.25, 0.3) is 0 Å². The van der Waals surface area contributed by atoms with Crippen molar-refractivity contribution in [3.05, 3.63) is 64.4 Å². The standard InChI is InChI=1S/C34H38Br4/c1-19-27(5-25(35)7-29(19)37)31-9-21-3-22(10-31)14-33(13-21,17-31)34-15-23-4-24(16-34)12-32(11-23,18-34)28-6-26(36)8-30(38)20(28)2/h5-8,21-24H,3-4,9-18H2,1-2H3. The second-order valence-corrected chi connectivity index (χ2v) is 18.7. The summed E-state index contributed by atoms with van der Waals surface area (Å²) in [6, 6.07) is 9.56. The van der Waals surface area contributed by atoms with E-state index in [2.05, 4.69) is 102 Å². The maximum Gasteiger partial charge on any atom is 0.0218 e. The molecule has 0 amide bonds. The third-order valence-corrected chi connectivity index (χ3v) is 15.6. The largest absolute Gasteiger partial charge is 0.0508 e. The number of hydrogen-bond acceptors (Lipinski definition) is 0. The molecule has 202 valence electrons. The van der Waals surface area contributed by atoms with Crippen molar-refractivity contribution in [2.75, 3.05) is 0 Å². The first-order chi connectivity index (χ1) is 18.0. The molecule has 8 bridgehead atoms. The quantitative estimate of drug-likeness (QED) is 0.292. The van der Waals surface area contributed by atoms with Gasteiger partial charge in [-0.25, -0.2) is 0 Å². The lowest BCUT2D eigenvalue weighted by Crippen LogP contribution is -2.66. The van der Waals surface area contributed by atoms with E-state index in [9.17, 15) is 0 Å². The molecule has 0 heterocycles. The van der Waals surface area contributed by atoms with E-state index in [0.717, 1.165) is 23.7 Å². The highest BCUT2D eigenvalue weighted by Crippen LogP contribution is 2.79. The Labute approximate surface area is 262 Å². The molecule has 0 spiro atoms. The van der Waals surface area contributed by atoms with E-state index in [1.165, 1.54) is 106 Å².